The van der Waals surface area contributed by atoms with Gasteiger partial charge in [-0.2, -0.15) is 0 Å². The van der Waals surface area contributed by atoms with E-state index in [2.05, 4.69) is 72.9 Å². The number of nitrogens with two attached hydrogens (primary N) is 1. The molecule has 1 unspecified atom stereocenters. The van der Waals surface area contributed by atoms with Crippen molar-refractivity contribution in [2.45, 2.75) is 63.3 Å². The van der Waals surface area contributed by atoms with Crippen LogP contribution in [0.1, 0.15) is 58.9 Å². The molecule has 3 atom stereocenters. The summed E-state index contributed by atoms with van der Waals surface area (Å²) in [7, 11) is -1.19. The zero-order valence-corrected chi connectivity index (χ0v) is 31.7. The highest BCUT2D eigenvalue weighted by molar-refractivity contribution is 9.10. The van der Waals surface area contributed by atoms with Gasteiger partial charge in [0.1, 0.15) is 17.2 Å². The minimum absolute atomic E-state index is 0. The van der Waals surface area contributed by atoms with E-state index in [4.69, 9.17) is 20.7 Å². The Labute approximate surface area is 298 Å². The van der Waals surface area contributed by atoms with Gasteiger partial charge in [0.25, 0.3) is 0 Å². The van der Waals surface area contributed by atoms with E-state index < -0.39 is 16.5 Å². The molecule has 46 heavy (non-hydrogen) atoms. The molecule has 7 rings (SSSR count). The summed E-state index contributed by atoms with van der Waals surface area (Å²) < 4.78 is 19.9. The number of hydrogen-bond donors (Lipinski definition) is 3. The molecule has 0 saturated heterocycles. The molecule has 0 fully saturated rings. The molecule has 4 aromatic heterocycles. The monoisotopic (exact) mass is 803 g/mol. The smallest absolute Gasteiger partial charge is 0.202 e. The van der Waals surface area contributed by atoms with Gasteiger partial charge in [-0.05, 0) is 103 Å². The van der Waals surface area contributed by atoms with Gasteiger partial charge in [0.05, 0.1) is 43.3 Å². The second-order valence-electron chi connectivity index (χ2n) is 12.7. The molecule has 1 aliphatic heterocycles. The fourth-order valence-corrected chi connectivity index (χ4v) is 9.44. The van der Waals surface area contributed by atoms with Gasteiger partial charge in [0.15, 0.2) is 0 Å². The number of nitrogens with zero attached hydrogens (tertiary/aromatic N) is 4. The number of halogens is 2. The van der Waals surface area contributed by atoms with Crippen LogP contribution in [0.3, 0.4) is 0 Å². The maximum Gasteiger partial charge on any atom is 0.202 e. The lowest BCUT2D eigenvalue weighted by Crippen LogP contribution is -2.47. The number of para-hydroxylation sites is 4. The Kier molecular flexibility index (Phi) is 9.20. The summed E-state index contributed by atoms with van der Waals surface area (Å²) in [4.78, 5) is 19.9. The molecule has 2 aromatic carbocycles. The van der Waals surface area contributed by atoms with Gasteiger partial charge in [0, 0.05) is 45.2 Å². The summed E-state index contributed by atoms with van der Waals surface area (Å²) in [6.45, 7) is 10.1. The summed E-state index contributed by atoms with van der Waals surface area (Å²) in [6, 6.07) is 20.2. The Balaban J connectivity index is 0.000000210. The number of H-pyrrole nitrogens is 1. The number of fused-ring (bicyclic) bond motifs is 4. The number of rotatable bonds is 6. The Morgan fingerprint density at radius 1 is 1.02 bits per heavy atom. The van der Waals surface area contributed by atoms with Crippen molar-refractivity contribution in [3.63, 3.8) is 0 Å². The van der Waals surface area contributed by atoms with E-state index in [1.165, 1.54) is 4.88 Å². The number of aromatic amines is 1. The topological polar surface area (TPSA) is 114 Å². The van der Waals surface area contributed by atoms with E-state index in [0.717, 1.165) is 54.0 Å². The third-order valence-electron chi connectivity index (χ3n) is 7.77. The van der Waals surface area contributed by atoms with Crippen LogP contribution in [0.4, 0.5) is 0 Å². The van der Waals surface area contributed by atoms with E-state index in [0.29, 0.717) is 12.4 Å². The lowest BCUT2D eigenvalue weighted by atomic mass is 9.95. The Hall–Kier alpha value is -2.68. The second-order valence-corrected chi connectivity index (χ2v) is 18.3. The van der Waals surface area contributed by atoms with Crippen LogP contribution in [0.15, 0.2) is 85.4 Å². The molecule has 6 aromatic rings. The molecule has 0 bridgehead atoms. The average Bonchev–Trinajstić information content (AvgIpc) is 3.78. The fourth-order valence-electron chi connectivity index (χ4n) is 5.40. The molecule has 1 aliphatic rings. The minimum atomic E-state index is -1.19. The maximum atomic E-state index is 12.8. The van der Waals surface area contributed by atoms with Crippen molar-refractivity contribution < 1.29 is 7.06 Å². The SMILES string of the molecule is CC(C)(C)S(=O)N[C@@](C)(Cc1nc2ccccc2[nH]1)c1cc(Br)cs1.C[C@@]1(c2cc(Br)cs2)Cc2nc3ccccc3n2C(N)=N1.[HH].[HH]. The molecule has 0 spiro atoms. The zero-order valence-electron chi connectivity index (χ0n) is 26.1. The second kappa shape index (κ2) is 12.7. The van der Waals surface area contributed by atoms with Gasteiger partial charge in [0.2, 0.25) is 5.96 Å². The summed E-state index contributed by atoms with van der Waals surface area (Å²) >= 11 is 10.4. The lowest BCUT2D eigenvalue weighted by Gasteiger charge is -2.32. The van der Waals surface area contributed by atoms with Gasteiger partial charge >= 0.3 is 0 Å². The molecule has 4 N–H and O–H groups in total. The van der Waals surface area contributed by atoms with E-state index >= 15 is 0 Å². The number of benzene rings is 2. The highest BCUT2D eigenvalue weighted by Gasteiger charge is 2.36. The molecular weight excluding hydrogens is 766 g/mol. The standard InChI is InChI=1S/C18H22BrN3OS2.C15H13BrN4S.2H2/c1-17(2,3)25(23)22-18(4,15-9-12(19)11-24-15)10-16-20-13-7-5-6-8-14(13)21-16;1-15(12-6-9(16)8-21-12)7-13-18-10-4-2-3-5-11(10)20(13)14(17)19-15;;/h5-9,11,22H,10H2,1-4H3,(H,20,21);2-6,8H,7H2,1H3,(H2,17,19);2*1H/t18-,25?;15-;;/m00../s1. The molecule has 0 amide bonds. The molecule has 13 heteroatoms. The quantitative estimate of drug-likeness (QED) is 0.156. The van der Waals surface area contributed by atoms with Crippen LogP contribution in [0.2, 0.25) is 0 Å². The largest absolute Gasteiger partial charge is 0.369 e. The molecule has 0 saturated carbocycles. The molecule has 0 radical (unpaired) electrons. The van der Waals surface area contributed by atoms with E-state index in [-0.39, 0.29) is 13.1 Å². The molecular formula is C33H39Br2N7OS3. The van der Waals surface area contributed by atoms with Crippen molar-refractivity contribution in [1.82, 2.24) is 24.2 Å². The van der Waals surface area contributed by atoms with Gasteiger partial charge in [-0.3, -0.25) is 4.57 Å². The Morgan fingerprint density at radius 3 is 2.35 bits per heavy atom. The van der Waals surface area contributed by atoms with Gasteiger partial charge < -0.3 is 10.7 Å². The van der Waals surface area contributed by atoms with Crippen molar-refractivity contribution >= 4 is 93.5 Å². The molecule has 0 aliphatic carbocycles. The number of imidazole rings is 2. The third-order valence-corrected chi connectivity index (χ3v) is 13.4. The average molecular weight is 806 g/mol. The first-order valence-corrected chi connectivity index (χ1v) is 19.2. The van der Waals surface area contributed by atoms with Crippen molar-refractivity contribution in [1.29, 1.82) is 0 Å². The summed E-state index contributed by atoms with van der Waals surface area (Å²) in [5.41, 5.74) is 9.35. The summed E-state index contributed by atoms with van der Waals surface area (Å²) in [6.07, 6.45) is 1.37. The van der Waals surface area contributed by atoms with E-state index in [1.807, 2.05) is 79.2 Å². The highest BCUT2D eigenvalue weighted by Crippen LogP contribution is 2.38. The summed E-state index contributed by atoms with van der Waals surface area (Å²) in [5.74, 6) is 2.36. The Morgan fingerprint density at radius 2 is 1.70 bits per heavy atom. The first-order valence-electron chi connectivity index (χ1n) is 14.7. The van der Waals surface area contributed by atoms with Crippen LogP contribution < -0.4 is 10.5 Å². The fraction of sp³-hybridized carbons (Fsp3) is 0.303. The molecule has 244 valence electrons. The van der Waals surface area contributed by atoms with Crippen LogP contribution in [-0.4, -0.2) is 34.4 Å². The van der Waals surface area contributed by atoms with Crippen molar-refractivity contribution in [3.8, 4) is 0 Å². The van der Waals surface area contributed by atoms with Crippen molar-refractivity contribution in [2.24, 2.45) is 10.7 Å². The molecule has 5 heterocycles. The normalized spacial score (nSPS) is 18.5. The van der Waals surface area contributed by atoms with Crippen LogP contribution in [0, 0.1) is 0 Å². The number of nitrogens with one attached hydrogen (secondary N) is 2. The number of hydrogen-bond acceptors (Lipinski definition) is 7. The number of aromatic nitrogens is 4. The van der Waals surface area contributed by atoms with Gasteiger partial charge in [-0.25, -0.2) is 23.9 Å². The molecule has 8 nitrogen and oxygen atoms in total. The summed E-state index contributed by atoms with van der Waals surface area (Å²) in [5, 5.41) is 4.12. The van der Waals surface area contributed by atoms with Crippen LogP contribution in [-0.2, 0) is 34.9 Å². The van der Waals surface area contributed by atoms with E-state index in [1.54, 1.807) is 22.7 Å². The predicted octanol–water partition coefficient (Wildman–Crippen LogP) is 8.88. The van der Waals surface area contributed by atoms with Crippen molar-refractivity contribution in [2.75, 3.05) is 0 Å². The number of thiophene rings is 2. The van der Waals surface area contributed by atoms with Gasteiger partial charge in [-0.1, -0.05) is 24.3 Å². The minimum Gasteiger partial charge on any atom is -0.369 e. The number of aliphatic imine (C=N–C) groups is 1. The first-order chi connectivity index (χ1) is 21.7. The Bertz CT molecular complexity index is 2070. The zero-order chi connectivity index (χ0) is 32.9. The first kappa shape index (κ1) is 33.2. The third kappa shape index (κ3) is 6.81. The van der Waals surface area contributed by atoms with Gasteiger partial charge in [-0.15, -0.1) is 22.7 Å². The van der Waals surface area contributed by atoms with E-state index in [9.17, 15) is 4.21 Å². The van der Waals surface area contributed by atoms with Crippen LogP contribution in [0.25, 0.3) is 22.1 Å². The highest BCUT2D eigenvalue weighted by atomic mass is 79.9. The van der Waals surface area contributed by atoms with Crippen LogP contribution in [0.5, 0.6) is 0 Å². The predicted molar refractivity (Wildman–Crippen MR) is 204 cm³/mol. The van der Waals surface area contributed by atoms with Crippen LogP contribution >= 0.6 is 54.5 Å². The van der Waals surface area contributed by atoms with Crippen molar-refractivity contribution in [3.05, 3.63) is 102 Å². The maximum absolute atomic E-state index is 12.8. The lowest BCUT2D eigenvalue weighted by molar-refractivity contribution is 0.438.